The van der Waals surface area contributed by atoms with Gasteiger partial charge in [0, 0.05) is 22.7 Å². The lowest BCUT2D eigenvalue weighted by atomic mass is 10.0. The second kappa shape index (κ2) is 3.20. The molecule has 1 heterocycles. The van der Waals surface area contributed by atoms with Crippen LogP contribution < -0.4 is 5.73 Å². The number of aromatic hydroxyl groups is 1. The Kier molecular flexibility index (Phi) is 2.02. The number of phenolic OH excluding ortho intramolecular Hbond substituents is 1. The highest BCUT2D eigenvalue weighted by molar-refractivity contribution is 5.87. The summed E-state index contributed by atoms with van der Waals surface area (Å²) in [7, 11) is 0. The number of nitrogens with one attached hydrogen (secondary N) is 1. The van der Waals surface area contributed by atoms with E-state index in [1.807, 2.05) is 12.1 Å². The van der Waals surface area contributed by atoms with Gasteiger partial charge in [0.2, 0.25) is 0 Å². The zero-order valence-electron chi connectivity index (χ0n) is 7.70. The quantitative estimate of drug-likeness (QED) is 0.632. The minimum Gasteiger partial charge on any atom is -0.507 e. The maximum absolute atomic E-state index is 9.89. The number of aromatic amines is 1. The Hall–Kier alpha value is -1.74. The maximum atomic E-state index is 9.89. The highest BCUT2D eigenvalue weighted by Crippen LogP contribution is 2.31. The van der Waals surface area contributed by atoms with E-state index in [0.717, 1.165) is 10.9 Å². The van der Waals surface area contributed by atoms with Gasteiger partial charge in [-0.25, -0.2) is 0 Å². The van der Waals surface area contributed by atoms with Gasteiger partial charge < -0.3 is 15.8 Å². The first-order valence-electron chi connectivity index (χ1n) is 4.41. The van der Waals surface area contributed by atoms with Crippen LogP contribution in [0.15, 0.2) is 37.1 Å². The summed E-state index contributed by atoms with van der Waals surface area (Å²) in [6.45, 7) is 3.60. The number of hydrogen-bond donors (Lipinski definition) is 3. The van der Waals surface area contributed by atoms with Crippen LogP contribution in [0.1, 0.15) is 11.6 Å². The summed E-state index contributed by atoms with van der Waals surface area (Å²) in [6.07, 6.45) is 3.39. The predicted molar refractivity (Wildman–Crippen MR) is 57.1 cm³/mol. The van der Waals surface area contributed by atoms with Crippen molar-refractivity contribution < 1.29 is 5.11 Å². The zero-order chi connectivity index (χ0) is 10.1. The Morgan fingerprint density at radius 3 is 2.93 bits per heavy atom. The van der Waals surface area contributed by atoms with Crippen LogP contribution in [-0.2, 0) is 0 Å². The Balaban J connectivity index is 2.67. The van der Waals surface area contributed by atoms with E-state index in [-0.39, 0.29) is 11.8 Å². The van der Waals surface area contributed by atoms with Crippen molar-refractivity contribution in [3.8, 4) is 5.75 Å². The van der Waals surface area contributed by atoms with E-state index in [2.05, 4.69) is 11.6 Å². The zero-order valence-corrected chi connectivity index (χ0v) is 7.70. The number of hydrogen-bond acceptors (Lipinski definition) is 2. The molecule has 0 saturated heterocycles. The van der Waals surface area contributed by atoms with Crippen molar-refractivity contribution in [2.75, 3.05) is 0 Å². The largest absolute Gasteiger partial charge is 0.507 e. The van der Waals surface area contributed by atoms with E-state index in [1.54, 1.807) is 18.3 Å². The minimum absolute atomic E-state index is 0.233. The van der Waals surface area contributed by atoms with Gasteiger partial charge in [0.15, 0.2) is 0 Å². The number of aromatic nitrogens is 1. The normalized spacial score (nSPS) is 12.9. The lowest BCUT2D eigenvalue weighted by Crippen LogP contribution is -2.06. The number of nitrogens with two attached hydrogens (primary N) is 1. The van der Waals surface area contributed by atoms with Crippen molar-refractivity contribution in [3.05, 3.63) is 42.6 Å². The molecule has 0 saturated carbocycles. The average molecular weight is 188 g/mol. The number of phenols is 1. The average Bonchev–Trinajstić information content (AvgIpc) is 2.66. The molecule has 0 radical (unpaired) electrons. The van der Waals surface area contributed by atoms with E-state index in [4.69, 9.17) is 5.73 Å². The fourth-order valence-corrected chi connectivity index (χ4v) is 1.53. The topological polar surface area (TPSA) is 62.0 Å². The van der Waals surface area contributed by atoms with Crippen LogP contribution in [0, 0.1) is 0 Å². The molecule has 1 aromatic heterocycles. The van der Waals surface area contributed by atoms with Crippen molar-refractivity contribution in [1.29, 1.82) is 0 Å². The minimum atomic E-state index is -0.325. The Morgan fingerprint density at radius 1 is 1.43 bits per heavy atom. The molecule has 0 aliphatic heterocycles. The van der Waals surface area contributed by atoms with Gasteiger partial charge in [0.05, 0.1) is 6.04 Å². The van der Waals surface area contributed by atoms with Crippen LogP contribution in [0.4, 0.5) is 0 Å². The third-order valence-corrected chi connectivity index (χ3v) is 2.35. The van der Waals surface area contributed by atoms with Gasteiger partial charge in [-0.05, 0) is 12.1 Å². The summed E-state index contributed by atoms with van der Waals surface area (Å²) in [4.78, 5) is 3.02. The molecule has 3 heteroatoms. The van der Waals surface area contributed by atoms with Gasteiger partial charge in [0.25, 0.3) is 0 Å². The van der Waals surface area contributed by atoms with Crippen LogP contribution in [0.2, 0.25) is 0 Å². The Morgan fingerprint density at radius 2 is 2.21 bits per heavy atom. The van der Waals surface area contributed by atoms with Crippen molar-refractivity contribution in [3.63, 3.8) is 0 Å². The van der Waals surface area contributed by atoms with Crippen LogP contribution >= 0.6 is 0 Å². The smallest absolute Gasteiger partial charge is 0.130 e. The molecule has 1 aromatic carbocycles. The molecule has 0 aliphatic carbocycles. The van der Waals surface area contributed by atoms with Crippen molar-refractivity contribution >= 4 is 10.9 Å². The molecule has 2 aromatic rings. The summed E-state index contributed by atoms with van der Waals surface area (Å²) >= 11 is 0. The summed E-state index contributed by atoms with van der Waals surface area (Å²) in [5.41, 5.74) is 7.37. The molecule has 0 spiro atoms. The summed E-state index contributed by atoms with van der Waals surface area (Å²) in [6, 6.07) is 5.20. The Labute approximate surface area is 81.9 Å². The van der Waals surface area contributed by atoms with Gasteiger partial charge in [-0.3, -0.25) is 0 Å². The van der Waals surface area contributed by atoms with Crippen LogP contribution in [0.25, 0.3) is 10.9 Å². The van der Waals surface area contributed by atoms with Crippen LogP contribution in [0.5, 0.6) is 5.75 Å². The van der Waals surface area contributed by atoms with E-state index in [9.17, 15) is 5.11 Å². The van der Waals surface area contributed by atoms with Gasteiger partial charge in [-0.2, -0.15) is 0 Å². The van der Waals surface area contributed by atoms with Crippen LogP contribution in [-0.4, -0.2) is 10.1 Å². The molecular formula is C11H12N2O. The van der Waals surface area contributed by atoms with E-state index >= 15 is 0 Å². The first-order valence-corrected chi connectivity index (χ1v) is 4.41. The van der Waals surface area contributed by atoms with Gasteiger partial charge >= 0.3 is 0 Å². The highest BCUT2D eigenvalue weighted by atomic mass is 16.3. The molecule has 0 fully saturated rings. The number of fused-ring (bicyclic) bond motifs is 1. The third kappa shape index (κ3) is 1.18. The Bertz CT molecular complexity index is 473. The first-order chi connectivity index (χ1) is 6.74. The van der Waals surface area contributed by atoms with Crippen LogP contribution in [0.3, 0.4) is 0 Å². The third-order valence-electron chi connectivity index (χ3n) is 2.35. The fourth-order valence-electron chi connectivity index (χ4n) is 1.53. The first kappa shape index (κ1) is 8.84. The molecule has 14 heavy (non-hydrogen) atoms. The second-order valence-corrected chi connectivity index (χ2v) is 3.20. The summed E-state index contributed by atoms with van der Waals surface area (Å²) < 4.78 is 0. The van der Waals surface area contributed by atoms with Gasteiger partial charge in [0.1, 0.15) is 5.75 Å². The second-order valence-electron chi connectivity index (χ2n) is 3.20. The molecule has 0 bridgehead atoms. The standard InChI is InChI=1S/C11H12N2O/c1-2-9(12)7-3-4-10-8(11(7)14)5-6-13-10/h2-6,9,13-14H,1,12H2/t9-/m0/s1. The predicted octanol–water partition coefficient (Wildman–Crippen LogP) is 2.06. The summed E-state index contributed by atoms with van der Waals surface area (Å²) in [5.74, 6) is 0.233. The number of H-pyrrole nitrogens is 1. The molecule has 2 rings (SSSR count). The van der Waals surface area contributed by atoms with Crippen molar-refractivity contribution in [1.82, 2.24) is 4.98 Å². The van der Waals surface area contributed by atoms with Gasteiger partial charge in [-0.15, -0.1) is 6.58 Å². The number of rotatable bonds is 2. The lowest BCUT2D eigenvalue weighted by Gasteiger charge is -2.09. The van der Waals surface area contributed by atoms with E-state index in [1.165, 1.54) is 0 Å². The molecule has 72 valence electrons. The van der Waals surface area contributed by atoms with E-state index < -0.39 is 0 Å². The SMILES string of the molecule is C=C[C@H](N)c1ccc2[nH]ccc2c1O. The molecule has 3 nitrogen and oxygen atoms in total. The maximum Gasteiger partial charge on any atom is 0.130 e. The number of benzene rings is 1. The van der Waals surface area contributed by atoms with E-state index in [0.29, 0.717) is 5.56 Å². The molecule has 0 unspecified atom stereocenters. The van der Waals surface area contributed by atoms with Crippen molar-refractivity contribution in [2.24, 2.45) is 5.73 Å². The molecule has 1 atom stereocenters. The molecule has 0 aliphatic rings. The highest BCUT2D eigenvalue weighted by Gasteiger charge is 2.10. The lowest BCUT2D eigenvalue weighted by molar-refractivity contribution is 0.472. The van der Waals surface area contributed by atoms with Crippen molar-refractivity contribution in [2.45, 2.75) is 6.04 Å². The fraction of sp³-hybridized carbons (Fsp3) is 0.0909. The molecule has 4 N–H and O–H groups in total. The molecule has 0 amide bonds. The molecular weight excluding hydrogens is 176 g/mol. The monoisotopic (exact) mass is 188 g/mol. The summed E-state index contributed by atoms with van der Waals surface area (Å²) in [5, 5.41) is 10.7. The van der Waals surface area contributed by atoms with Gasteiger partial charge in [-0.1, -0.05) is 12.1 Å².